The standard InChI is InChI=1S/C13H20N2O3/c1-10(2)18-8-7-17-9-11-3-5-12(6-4-11)13(16)15-14/h3-6,10H,7-9,14H2,1-2H3,(H,15,16). The first kappa shape index (κ1) is 14.6. The van der Waals surface area contributed by atoms with Gasteiger partial charge in [0.1, 0.15) is 0 Å². The quantitative estimate of drug-likeness (QED) is 0.331. The molecule has 0 aromatic heterocycles. The van der Waals surface area contributed by atoms with E-state index >= 15 is 0 Å². The Bertz CT molecular complexity index is 363. The van der Waals surface area contributed by atoms with Gasteiger partial charge in [-0.2, -0.15) is 0 Å². The van der Waals surface area contributed by atoms with E-state index in [9.17, 15) is 4.79 Å². The van der Waals surface area contributed by atoms with E-state index in [2.05, 4.69) is 5.43 Å². The summed E-state index contributed by atoms with van der Waals surface area (Å²) in [5.41, 5.74) is 3.62. The molecule has 0 spiro atoms. The van der Waals surface area contributed by atoms with Crippen molar-refractivity contribution < 1.29 is 14.3 Å². The molecule has 1 rings (SSSR count). The lowest BCUT2D eigenvalue weighted by Crippen LogP contribution is -2.29. The molecule has 100 valence electrons. The average molecular weight is 252 g/mol. The number of hydrogen-bond acceptors (Lipinski definition) is 4. The third-order valence-corrected chi connectivity index (χ3v) is 2.29. The van der Waals surface area contributed by atoms with Gasteiger partial charge in [-0.25, -0.2) is 5.84 Å². The van der Waals surface area contributed by atoms with E-state index in [4.69, 9.17) is 15.3 Å². The number of ether oxygens (including phenoxy) is 2. The van der Waals surface area contributed by atoms with Gasteiger partial charge in [0.25, 0.3) is 5.91 Å². The van der Waals surface area contributed by atoms with Crippen LogP contribution in [0.2, 0.25) is 0 Å². The van der Waals surface area contributed by atoms with Crippen molar-refractivity contribution in [1.82, 2.24) is 5.43 Å². The Labute approximate surface area is 107 Å². The van der Waals surface area contributed by atoms with E-state index in [-0.39, 0.29) is 12.0 Å². The maximum absolute atomic E-state index is 11.2. The van der Waals surface area contributed by atoms with Crippen molar-refractivity contribution in [3.05, 3.63) is 35.4 Å². The summed E-state index contributed by atoms with van der Waals surface area (Å²) in [6.07, 6.45) is 0.225. The van der Waals surface area contributed by atoms with Crippen molar-refractivity contribution in [3.8, 4) is 0 Å². The van der Waals surface area contributed by atoms with E-state index in [1.54, 1.807) is 12.1 Å². The SMILES string of the molecule is CC(C)OCCOCc1ccc(C(=O)NN)cc1. The van der Waals surface area contributed by atoms with E-state index in [1.165, 1.54) is 0 Å². The fourth-order valence-electron chi connectivity index (χ4n) is 1.37. The predicted molar refractivity (Wildman–Crippen MR) is 68.8 cm³/mol. The summed E-state index contributed by atoms with van der Waals surface area (Å²) < 4.78 is 10.8. The molecule has 5 heteroatoms. The fourth-order valence-corrected chi connectivity index (χ4v) is 1.37. The number of nitrogen functional groups attached to an aromatic ring is 1. The van der Waals surface area contributed by atoms with Crippen LogP contribution in [0, 0.1) is 0 Å². The van der Waals surface area contributed by atoms with Crippen molar-refractivity contribution >= 4 is 5.91 Å². The molecule has 1 aromatic carbocycles. The molecule has 1 aromatic rings. The lowest BCUT2D eigenvalue weighted by molar-refractivity contribution is 0.0143. The summed E-state index contributed by atoms with van der Waals surface area (Å²) >= 11 is 0. The van der Waals surface area contributed by atoms with Crippen LogP contribution in [-0.4, -0.2) is 25.2 Å². The van der Waals surface area contributed by atoms with Gasteiger partial charge in [0, 0.05) is 5.56 Å². The normalized spacial score (nSPS) is 10.7. The van der Waals surface area contributed by atoms with Gasteiger partial charge in [0.2, 0.25) is 0 Å². The van der Waals surface area contributed by atoms with E-state index < -0.39 is 0 Å². The molecule has 5 nitrogen and oxygen atoms in total. The summed E-state index contributed by atoms with van der Waals surface area (Å²) in [6, 6.07) is 7.11. The molecule has 0 bridgehead atoms. The number of benzene rings is 1. The van der Waals surface area contributed by atoms with Crippen molar-refractivity contribution in [3.63, 3.8) is 0 Å². The van der Waals surface area contributed by atoms with E-state index in [0.717, 1.165) is 5.56 Å². The minimum Gasteiger partial charge on any atom is -0.376 e. The summed E-state index contributed by atoms with van der Waals surface area (Å²) in [7, 11) is 0. The van der Waals surface area contributed by atoms with Crippen molar-refractivity contribution in [2.75, 3.05) is 13.2 Å². The molecule has 0 aliphatic heterocycles. The van der Waals surface area contributed by atoms with Crippen LogP contribution >= 0.6 is 0 Å². The molecule has 0 aliphatic carbocycles. The highest BCUT2D eigenvalue weighted by molar-refractivity contribution is 5.93. The van der Waals surface area contributed by atoms with Gasteiger partial charge in [-0.05, 0) is 31.5 Å². The van der Waals surface area contributed by atoms with Crippen LogP contribution in [0.5, 0.6) is 0 Å². The Balaban J connectivity index is 2.29. The molecule has 0 aliphatic rings. The maximum Gasteiger partial charge on any atom is 0.265 e. The summed E-state index contributed by atoms with van der Waals surface area (Å²) in [5, 5.41) is 0. The number of amides is 1. The minimum atomic E-state index is -0.298. The molecular weight excluding hydrogens is 232 g/mol. The number of rotatable bonds is 7. The van der Waals surface area contributed by atoms with Crippen LogP contribution < -0.4 is 11.3 Å². The molecule has 3 N–H and O–H groups in total. The molecule has 1 amide bonds. The minimum absolute atomic E-state index is 0.225. The number of carbonyl (C=O) groups is 1. The Kier molecular flexibility index (Phi) is 6.35. The number of hydrazine groups is 1. The zero-order chi connectivity index (χ0) is 13.4. The topological polar surface area (TPSA) is 73.6 Å². The number of nitrogens with two attached hydrogens (primary N) is 1. The highest BCUT2D eigenvalue weighted by Gasteiger charge is 2.02. The van der Waals surface area contributed by atoms with Gasteiger partial charge in [0.05, 0.1) is 25.9 Å². The molecule has 0 atom stereocenters. The van der Waals surface area contributed by atoms with E-state index in [0.29, 0.717) is 25.4 Å². The molecule has 0 fully saturated rings. The number of carbonyl (C=O) groups excluding carboxylic acids is 1. The van der Waals surface area contributed by atoms with Gasteiger partial charge < -0.3 is 9.47 Å². The monoisotopic (exact) mass is 252 g/mol. The Hall–Kier alpha value is -1.43. The second-order valence-corrected chi connectivity index (χ2v) is 4.14. The van der Waals surface area contributed by atoms with Gasteiger partial charge in [-0.15, -0.1) is 0 Å². The first-order valence-corrected chi connectivity index (χ1v) is 5.92. The van der Waals surface area contributed by atoms with Crippen LogP contribution in [0.1, 0.15) is 29.8 Å². The highest BCUT2D eigenvalue weighted by atomic mass is 16.5. The van der Waals surface area contributed by atoms with Gasteiger partial charge in [-0.3, -0.25) is 10.2 Å². The first-order valence-electron chi connectivity index (χ1n) is 5.92. The molecule has 0 heterocycles. The molecular formula is C13H20N2O3. The Morgan fingerprint density at radius 2 is 1.94 bits per heavy atom. The van der Waals surface area contributed by atoms with Crippen LogP contribution in [0.3, 0.4) is 0 Å². The van der Waals surface area contributed by atoms with Crippen molar-refractivity contribution in [1.29, 1.82) is 0 Å². The highest BCUT2D eigenvalue weighted by Crippen LogP contribution is 2.05. The van der Waals surface area contributed by atoms with Gasteiger partial charge >= 0.3 is 0 Å². The fraction of sp³-hybridized carbons (Fsp3) is 0.462. The Morgan fingerprint density at radius 1 is 1.28 bits per heavy atom. The van der Waals surface area contributed by atoms with Crippen LogP contribution in [0.4, 0.5) is 0 Å². The maximum atomic E-state index is 11.2. The first-order chi connectivity index (χ1) is 8.63. The van der Waals surface area contributed by atoms with Crippen LogP contribution in [0.25, 0.3) is 0 Å². The largest absolute Gasteiger partial charge is 0.376 e. The second-order valence-electron chi connectivity index (χ2n) is 4.14. The van der Waals surface area contributed by atoms with Crippen LogP contribution in [0.15, 0.2) is 24.3 Å². The molecule has 0 saturated heterocycles. The van der Waals surface area contributed by atoms with Gasteiger partial charge in [0.15, 0.2) is 0 Å². The Morgan fingerprint density at radius 3 is 2.50 bits per heavy atom. The summed E-state index contributed by atoms with van der Waals surface area (Å²) in [5.74, 6) is 4.74. The smallest absolute Gasteiger partial charge is 0.265 e. The summed E-state index contributed by atoms with van der Waals surface area (Å²) in [4.78, 5) is 11.2. The molecule has 18 heavy (non-hydrogen) atoms. The zero-order valence-corrected chi connectivity index (χ0v) is 10.8. The second kappa shape index (κ2) is 7.81. The molecule has 0 saturated carbocycles. The molecule has 0 radical (unpaired) electrons. The zero-order valence-electron chi connectivity index (χ0n) is 10.8. The van der Waals surface area contributed by atoms with E-state index in [1.807, 2.05) is 26.0 Å². The summed E-state index contributed by atoms with van der Waals surface area (Å²) in [6.45, 7) is 5.63. The van der Waals surface area contributed by atoms with Crippen molar-refractivity contribution in [2.24, 2.45) is 5.84 Å². The lowest BCUT2D eigenvalue weighted by Gasteiger charge is -2.08. The average Bonchev–Trinajstić information content (AvgIpc) is 2.38. The number of nitrogens with one attached hydrogen (secondary N) is 1. The number of hydrogen-bond donors (Lipinski definition) is 2. The van der Waals surface area contributed by atoms with Crippen LogP contribution in [-0.2, 0) is 16.1 Å². The predicted octanol–water partition coefficient (Wildman–Crippen LogP) is 1.23. The van der Waals surface area contributed by atoms with Crippen molar-refractivity contribution in [2.45, 2.75) is 26.6 Å². The molecule has 0 unspecified atom stereocenters. The third-order valence-electron chi connectivity index (χ3n) is 2.29. The lowest BCUT2D eigenvalue weighted by atomic mass is 10.1. The third kappa shape index (κ3) is 5.27. The van der Waals surface area contributed by atoms with Gasteiger partial charge in [-0.1, -0.05) is 12.1 Å².